The fraction of sp³-hybridized carbons (Fsp3) is 0.938. The van der Waals surface area contributed by atoms with Gasteiger partial charge in [0.05, 0.1) is 0 Å². The second-order valence-electron chi connectivity index (χ2n) is 7.60. The summed E-state index contributed by atoms with van der Waals surface area (Å²) in [5.74, 6) is 0. The molecule has 0 aromatic heterocycles. The molecule has 1 aliphatic heterocycles. The number of nitrogens with one attached hydrogen (secondary N) is 1. The highest BCUT2D eigenvalue weighted by Crippen LogP contribution is 2.24. The van der Waals surface area contributed by atoms with E-state index in [1.807, 2.05) is 25.7 Å². The first-order valence-electron chi connectivity index (χ1n) is 8.27. The SMILES string of the molecule is CC1C(NC2CCC(N)C2)CCCN1C(=O)OC(C)(C)C. The number of nitrogens with two attached hydrogens (primary N) is 1. The van der Waals surface area contributed by atoms with Crippen LogP contribution >= 0.6 is 0 Å². The molecule has 0 spiro atoms. The fourth-order valence-corrected chi connectivity index (χ4v) is 3.41. The van der Waals surface area contributed by atoms with Crippen molar-refractivity contribution >= 4 is 6.09 Å². The van der Waals surface area contributed by atoms with Gasteiger partial charge in [0.2, 0.25) is 0 Å². The summed E-state index contributed by atoms with van der Waals surface area (Å²) in [5.41, 5.74) is 5.55. The zero-order chi connectivity index (χ0) is 15.6. The van der Waals surface area contributed by atoms with Crippen LogP contribution in [0.5, 0.6) is 0 Å². The molecule has 5 heteroatoms. The minimum Gasteiger partial charge on any atom is -0.444 e. The summed E-state index contributed by atoms with van der Waals surface area (Å²) in [6.07, 6.45) is 5.26. The van der Waals surface area contributed by atoms with Crippen molar-refractivity contribution in [3.63, 3.8) is 0 Å². The zero-order valence-electron chi connectivity index (χ0n) is 13.9. The molecule has 2 aliphatic rings. The topological polar surface area (TPSA) is 67.6 Å². The van der Waals surface area contributed by atoms with E-state index in [-0.39, 0.29) is 12.1 Å². The normalized spacial score (nSPS) is 34.0. The van der Waals surface area contributed by atoms with Gasteiger partial charge in [0.25, 0.3) is 0 Å². The number of carbonyl (C=O) groups excluding carboxylic acids is 1. The lowest BCUT2D eigenvalue weighted by Crippen LogP contribution is -2.57. The third kappa shape index (κ3) is 4.58. The summed E-state index contributed by atoms with van der Waals surface area (Å²) < 4.78 is 5.52. The molecule has 1 amide bonds. The number of amides is 1. The Morgan fingerprint density at radius 1 is 1.29 bits per heavy atom. The smallest absolute Gasteiger partial charge is 0.410 e. The quantitative estimate of drug-likeness (QED) is 0.820. The summed E-state index contributed by atoms with van der Waals surface area (Å²) in [7, 11) is 0. The summed E-state index contributed by atoms with van der Waals surface area (Å²) >= 11 is 0. The zero-order valence-corrected chi connectivity index (χ0v) is 13.9. The molecule has 122 valence electrons. The monoisotopic (exact) mass is 297 g/mol. The molecule has 1 saturated heterocycles. The maximum atomic E-state index is 12.3. The number of hydrogen-bond acceptors (Lipinski definition) is 4. The van der Waals surface area contributed by atoms with Crippen LogP contribution in [0, 0.1) is 0 Å². The second-order valence-corrected chi connectivity index (χ2v) is 7.60. The van der Waals surface area contributed by atoms with Crippen molar-refractivity contribution in [3.8, 4) is 0 Å². The number of piperidine rings is 1. The van der Waals surface area contributed by atoms with E-state index in [2.05, 4.69) is 12.2 Å². The van der Waals surface area contributed by atoms with Gasteiger partial charge < -0.3 is 20.7 Å². The molecular weight excluding hydrogens is 266 g/mol. The van der Waals surface area contributed by atoms with E-state index in [1.54, 1.807) is 0 Å². The third-order valence-electron chi connectivity index (χ3n) is 4.54. The average molecular weight is 297 g/mol. The standard InChI is InChI=1S/C16H31N3O2/c1-11-14(18-13-8-7-12(17)10-13)6-5-9-19(11)15(20)21-16(2,3)4/h11-14,18H,5-10,17H2,1-4H3. The van der Waals surface area contributed by atoms with Gasteiger partial charge in [0.1, 0.15) is 5.60 Å². The van der Waals surface area contributed by atoms with Crippen molar-refractivity contribution in [2.24, 2.45) is 5.73 Å². The molecule has 21 heavy (non-hydrogen) atoms. The van der Waals surface area contributed by atoms with E-state index in [0.29, 0.717) is 18.1 Å². The first-order chi connectivity index (χ1) is 9.76. The highest BCUT2D eigenvalue weighted by atomic mass is 16.6. The first-order valence-corrected chi connectivity index (χ1v) is 8.27. The first kappa shape index (κ1) is 16.6. The predicted octanol–water partition coefficient (Wildman–Crippen LogP) is 2.24. The lowest BCUT2D eigenvalue weighted by Gasteiger charge is -2.41. The van der Waals surface area contributed by atoms with Gasteiger partial charge in [-0.3, -0.25) is 0 Å². The minimum atomic E-state index is -0.435. The van der Waals surface area contributed by atoms with E-state index in [4.69, 9.17) is 10.5 Å². The molecule has 1 aliphatic carbocycles. The van der Waals surface area contributed by atoms with Gasteiger partial charge >= 0.3 is 6.09 Å². The van der Waals surface area contributed by atoms with Crippen LogP contribution < -0.4 is 11.1 Å². The van der Waals surface area contributed by atoms with Gasteiger partial charge in [-0.05, 0) is 59.8 Å². The molecule has 0 aromatic carbocycles. The Morgan fingerprint density at radius 3 is 2.57 bits per heavy atom. The Balaban J connectivity index is 1.91. The lowest BCUT2D eigenvalue weighted by molar-refractivity contribution is 0.00634. The molecule has 1 heterocycles. The van der Waals surface area contributed by atoms with Crippen LogP contribution in [0.4, 0.5) is 4.79 Å². The maximum Gasteiger partial charge on any atom is 0.410 e. The molecular formula is C16H31N3O2. The molecule has 0 bridgehead atoms. The summed E-state index contributed by atoms with van der Waals surface area (Å²) in [4.78, 5) is 14.2. The Kier molecular flexibility index (Phi) is 5.15. The van der Waals surface area contributed by atoms with E-state index in [1.165, 1.54) is 0 Å². The van der Waals surface area contributed by atoms with Crippen LogP contribution in [0.15, 0.2) is 0 Å². The Hall–Kier alpha value is -0.810. The Morgan fingerprint density at radius 2 is 2.00 bits per heavy atom. The van der Waals surface area contributed by atoms with Gasteiger partial charge in [0, 0.05) is 30.7 Å². The highest BCUT2D eigenvalue weighted by Gasteiger charge is 2.35. The Bertz CT molecular complexity index is 367. The van der Waals surface area contributed by atoms with Crippen LogP contribution in [0.1, 0.15) is 59.8 Å². The van der Waals surface area contributed by atoms with Gasteiger partial charge in [-0.2, -0.15) is 0 Å². The van der Waals surface area contributed by atoms with Crippen molar-refractivity contribution in [1.29, 1.82) is 0 Å². The van der Waals surface area contributed by atoms with E-state index in [9.17, 15) is 4.79 Å². The van der Waals surface area contributed by atoms with Crippen molar-refractivity contribution in [1.82, 2.24) is 10.2 Å². The number of likely N-dealkylation sites (tertiary alicyclic amines) is 1. The van der Waals surface area contributed by atoms with Crippen LogP contribution in [-0.4, -0.2) is 47.3 Å². The molecule has 3 N–H and O–H groups in total. The van der Waals surface area contributed by atoms with E-state index >= 15 is 0 Å². The number of carbonyl (C=O) groups is 1. The summed E-state index contributed by atoms with van der Waals surface area (Å²) in [5, 5.41) is 3.72. The number of rotatable bonds is 2. The molecule has 0 aromatic rings. The average Bonchev–Trinajstić information content (AvgIpc) is 2.75. The van der Waals surface area contributed by atoms with Gasteiger partial charge in [0.15, 0.2) is 0 Å². The summed E-state index contributed by atoms with van der Waals surface area (Å²) in [6.45, 7) is 8.65. The number of hydrogen-bond donors (Lipinski definition) is 2. The highest BCUT2D eigenvalue weighted by molar-refractivity contribution is 5.68. The second kappa shape index (κ2) is 6.53. The van der Waals surface area contributed by atoms with Gasteiger partial charge in [-0.1, -0.05) is 0 Å². The van der Waals surface area contributed by atoms with Crippen molar-refractivity contribution in [2.75, 3.05) is 6.54 Å². The third-order valence-corrected chi connectivity index (χ3v) is 4.54. The van der Waals surface area contributed by atoms with Crippen LogP contribution in [0.2, 0.25) is 0 Å². The van der Waals surface area contributed by atoms with Crippen molar-refractivity contribution in [2.45, 2.75) is 89.6 Å². The van der Waals surface area contributed by atoms with E-state index in [0.717, 1.165) is 38.6 Å². The Labute approximate surface area is 128 Å². The fourth-order valence-electron chi connectivity index (χ4n) is 3.41. The van der Waals surface area contributed by atoms with Crippen molar-refractivity contribution < 1.29 is 9.53 Å². The number of nitrogens with zero attached hydrogens (tertiary/aromatic N) is 1. The summed E-state index contributed by atoms with van der Waals surface area (Å²) in [6, 6.07) is 1.36. The van der Waals surface area contributed by atoms with Gasteiger partial charge in [-0.15, -0.1) is 0 Å². The number of ether oxygens (including phenoxy) is 1. The van der Waals surface area contributed by atoms with Crippen LogP contribution in [-0.2, 0) is 4.74 Å². The maximum absolute atomic E-state index is 12.3. The molecule has 2 rings (SSSR count). The van der Waals surface area contributed by atoms with E-state index < -0.39 is 5.60 Å². The minimum absolute atomic E-state index is 0.172. The molecule has 0 radical (unpaired) electrons. The largest absolute Gasteiger partial charge is 0.444 e. The molecule has 5 nitrogen and oxygen atoms in total. The lowest BCUT2D eigenvalue weighted by atomic mass is 9.96. The predicted molar refractivity (Wildman–Crippen MR) is 84.2 cm³/mol. The van der Waals surface area contributed by atoms with Crippen LogP contribution in [0.25, 0.3) is 0 Å². The van der Waals surface area contributed by atoms with Crippen molar-refractivity contribution in [3.05, 3.63) is 0 Å². The molecule has 4 unspecified atom stereocenters. The molecule has 1 saturated carbocycles. The molecule has 2 fully saturated rings. The molecule has 4 atom stereocenters. The van der Waals surface area contributed by atoms with Crippen LogP contribution in [0.3, 0.4) is 0 Å². The van der Waals surface area contributed by atoms with Gasteiger partial charge in [-0.25, -0.2) is 4.79 Å².